The third-order valence-electron chi connectivity index (χ3n) is 2.08. The number of hydrogen-bond donors (Lipinski definition) is 1. The number of nitrogens with two attached hydrogens (primary N) is 1. The summed E-state index contributed by atoms with van der Waals surface area (Å²) in [4.78, 5) is 4.13. The highest BCUT2D eigenvalue weighted by Gasteiger charge is 2.05. The van der Waals surface area contributed by atoms with E-state index in [4.69, 9.17) is 5.73 Å². The zero-order chi connectivity index (χ0) is 10.1. The number of rotatable bonds is 2. The van der Waals surface area contributed by atoms with Crippen LogP contribution >= 0.6 is 0 Å². The van der Waals surface area contributed by atoms with E-state index in [0.29, 0.717) is 5.95 Å². The number of nitrogens with zero attached hydrogens (tertiary/aromatic N) is 4. The summed E-state index contributed by atoms with van der Waals surface area (Å²) >= 11 is 0. The molecule has 2 rings (SSSR count). The SMILES string of the molecule is CCn1cc(-n2cc(C)nc2N)cn1. The zero-order valence-electron chi connectivity index (χ0n) is 8.31. The fraction of sp³-hybridized carbons (Fsp3) is 0.333. The van der Waals surface area contributed by atoms with Gasteiger partial charge in [0.25, 0.3) is 0 Å². The van der Waals surface area contributed by atoms with Crippen molar-refractivity contribution in [3.05, 3.63) is 24.3 Å². The van der Waals surface area contributed by atoms with E-state index in [1.54, 1.807) is 6.20 Å². The maximum atomic E-state index is 5.74. The molecule has 74 valence electrons. The fourth-order valence-electron chi connectivity index (χ4n) is 1.37. The lowest BCUT2D eigenvalue weighted by molar-refractivity contribution is 0.659. The number of aromatic nitrogens is 4. The molecule has 5 heteroatoms. The molecule has 2 heterocycles. The van der Waals surface area contributed by atoms with E-state index in [1.807, 2.05) is 35.5 Å². The van der Waals surface area contributed by atoms with Gasteiger partial charge in [-0.2, -0.15) is 5.10 Å². The molecule has 0 radical (unpaired) electrons. The van der Waals surface area contributed by atoms with Crippen LogP contribution in [0.2, 0.25) is 0 Å². The van der Waals surface area contributed by atoms with Crippen LogP contribution in [0.4, 0.5) is 5.95 Å². The largest absolute Gasteiger partial charge is 0.369 e. The summed E-state index contributed by atoms with van der Waals surface area (Å²) in [6.45, 7) is 4.81. The first-order valence-electron chi connectivity index (χ1n) is 4.55. The molecule has 0 saturated carbocycles. The second-order valence-corrected chi connectivity index (χ2v) is 3.16. The standard InChI is InChI=1S/C9H13N5/c1-3-13-6-8(4-11-13)14-5-7(2)12-9(14)10/h4-6H,3H2,1-2H3,(H2,10,12). The summed E-state index contributed by atoms with van der Waals surface area (Å²) in [6.07, 6.45) is 5.62. The molecule has 2 aromatic rings. The number of anilines is 1. The Morgan fingerprint density at radius 2 is 2.21 bits per heavy atom. The van der Waals surface area contributed by atoms with Crippen LogP contribution in [0.15, 0.2) is 18.6 Å². The normalized spacial score (nSPS) is 10.7. The van der Waals surface area contributed by atoms with Gasteiger partial charge in [0.15, 0.2) is 0 Å². The number of hydrogen-bond acceptors (Lipinski definition) is 3. The van der Waals surface area contributed by atoms with Crippen molar-refractivity contribution in [2.45, 2.75) is 20.4 Å². The minimum atomic E-state index is 0.498. The van der Waals surface area contributed by atoms with Gasteiger partial charge in [0, 0.05) is 18.9 Å². The van der Waals surface area contributed by atoms with Gasteiger partial charge in [-0.05, 0) is 13.8 Å². The van der Waals surface area contributed by atoms with Crippen molar-refractivity contribution in [1.29, 1.82) is 0 Å². The Labute approximate surface area is 82.2 Å². The molecule has 0 bridgehead atoms. The van der Waals surface area contributed by atoms with Crippen molar-refractivity contribution < 1.29 is 0 Å². The van der Waals surface area contributed by atoms with Crippen LogP contribution in [0.3, 0.4) is 0 Å². The van der Waals surface area contributed by atoms with E-state index in [0.717, 1.165) is 17.9 Å². The molecule has 0 aliphatic heterocycles. The van der Waals surface area contributed by atoms with Crippen LogP contribution in [0.1, 0.15) is 12.6 Å². The molecule has 0 fully saturated rings. The van der Waals surface area contributed by atoms with Gasteiger partial charge in [-0.3, -0.25) is 9.25 Å². The first-order chi connectivity index (χ1) is 6.70. The van der Waals surface area contributed by atoms with Gasteiger partial charge in [-0.15, -0.1) is 0 Å². The summed E-state index contributed by atoms with van der Waals surface area (Å²) in [6, 6.07) is 0. The van der Waals surface area contributed by atoms with Gasteiger partial charge in [-0.25, -0.2) is 4.98 Å². The summed E-state index contributed by atoms with van der Waals surface area (Å²) in [7, 11) is 0. The molecule has 5 nitrogen and oxygen atoms in total. The Bertz CT molecular complexity index is 440. The molecule has 0 unspecified atom stereocenters. The molecule has 0 atom stereocenters. The minimum absolute atomic E-state index is 0.498. The molecular formula is C9H13N5. The second-order valence-electron chi connectivity index (χ2n) is 3.16. The topological polar surface area (TPSA) is 61.7 Å². The maximum Gasteiger partial charge on any atom is 0.205 e. The Morgan fingerprint density at radius 3 is 2.71 bits per heavy atom. The minimum Gasteiger partial charge on any atom is -0.369 e. The smallest absolute Gasteiger partial charge is 0.205 e. The Kier molecular flexibility index (Phi) is 1.99. The van der Waals surface area contributed by atoms with Gasteiger partial charge < -0.3 is 5.73 Å². The predicted molar refractivity (Wildman–Crippen MR) is 54.2 cm³/mol. The third-order valence-corrected chi connectivity index (χ3v) is 2.08. The molecule has 0 aliphatic carbocycles. The van der Waals surface area contributed by atoms with Gasteiger partial charge in [0.05, 0.1) is 17.6 Å². The first-order valence-corrected chi connectivity index (χ1v) is 4.55. The lowest BCUT2D eigenvalue weighted by atomic mass is 10.5. The molecule has 0 aliphatic rings. The molecule has 0 saturated heterocycles. The van der Waals surface area contributed by atoms with E-state index in [1.165, 1.54) is 0 Å². The highest BCUT2D eigenvalue weighted by Crippen LogP contribution is 2.12. The summed E-state index contributed by atoms with van der Waals surface area (Å²) in [5.41, 5.74) is 7.60. The molecule has 2 aromatic heterocycles. The van der Waals surface area contributed by atoms with Crippen LogP contribution < -0.4 is 5.73 Å². The van der Waals surface area contributed by atoms with Gasteiger partial charge >= 0.3 is 0 Å². The van der Waals surface area contributed by atoms with Crippen molar-refractivity contribution in [2.24, 2.45) is 0 Å². The highest BCUT2D eigenvalue weighted by molar-refractivity contribution is 5.37. The van der Waals surface area contributed by atoms with E-state index in [9.17, 15) is 0 Å². The van der Waals surface area contributed by atoms with Gasteiger partial charge in [0.1, 0.15) is 0 Å². The highest BCUT2D eigenvalue weighted by atomic mass is 15.3. The van der Waals surface area contributed by atoms with Crippen molar-refractivity contribution >= 4 is 5.95 Å². The van der Waals surface area contributed by atoms with E-state index in [-0.39, 0.29) is 0 Å². The average molecular weight is 191 g/mol. The lowest BCUT2D eigenvalue weighted by Gasteiger charge is -1.98. The number of imidazole rings is 1. The Morgan fingerprint density at radius 1 is 1.43 bits per heavy atom. The first kappa shape index (κ1) is 8.80. The van der Waals surface area contributed by atoms with E-state index in [2.05, 4.69) is 10.1 Å². The van der Waals surface area contributed by atoms with Gasteiger partial charge in [-0.1, -0.05) is 0 Å². The molecule has 0 spiro atoms. The molecule has 2 N–H and O–H groups in total. The van der Waals surface area contributed by atoms with Crippen LogP contribution in [-0.4, -0.2) is 19.3 Å². The van der Waals surface area contributed by atoms with Gasteiger partial charge in [0.2, 0.25) is 5.95 Å². The fourth-order valence-corrected chi connectivity index (χ4v) is 1.37. The van der Waals surface area contributed by atoms with Crippen molar-refractivity contribution in [1.82, 2.24) is 19.3 Å². The molecule has 0 aromatic carbocycles. The molecular weight excluding hydrogens is 178 g/mol. The average Bonchev–Trinajstić information content (AvgIpc) is 2.71. The predicted octanol–water partition coefficient (Wildman–Crippen LogP) is 0.979. The van der Waals surface area contributed by atoms with Crippen molar-refractivity contribution in [3.63, 3.8) is 0 Å². The van der Waals surface area contributed by atoms with E-state index >= 15 is 0 Å². The summed E-state index contributed by atoms with van der Waals surface area (Å²) in [5.74, 6) is 0.498. The van der Waals surface area contributed by atoms with E-state index < -0.39 is 0 Å². The quantitative estimate of drug-likeness (QED) is 0.769. The van der Waals surface area contributed by atoms with Crippen LogP contribution in [0.5, 0.6) is 0 Å². The second kappa shape index (κ2) is 3.17. The molecule has 0 amide bonds. The summed E-state index contributed by atoms with van der Waals surface area (Å²) in [5, 5.41) is 4.17. The maximum absolute atomic E-state index is 5.74. The monoisotopic (exact) mass is 191 g/mol. The van der Waals surface area contributed by atoms with Crippen LogP contribution in [0.25, 0.3) is 5.69 Å². The lowest BCUT2D eigenvalue weighted by Crippen LogP contribution is -1.98. The zero-order valence-corrected chi connectivity index (χ0v) is 8.31. The van der Waals surface area contributed by atoms with Crippen LogP contribution in [-0.2, 0) is 6.54 Å². The van der Waals surface area contributed by atoms with Crippen molar-refractivity contribution in [2.75, 3.05) is 5.73 Å². The Balaban J connectivity index is 2.43. The number of aryl methyl sites for hydroxylation is 2. The number of nitrogen functional groups attached to an aromatic ring is 1. The summed E-state index contributed by atoms with van der Waals surface area (Å²) < 4.78 is 3.68. The Hall–Kier alpha value is -1.78. The van der Waals surface area contributed by atoms with Crippen molar-refractivity contribution in [3.8, 4) is 5.69 Å². The third kappa shape index (κ3) is 1.37. The van der Waals surface area contributed by atoms with Crippen LogP contribution in [0, 0.1) is 6.92 Å². The molecule has 14 heavy (non-hydrogen) atoms.